The Balaban J connectivity index is 1.43. The van der Waals surface area contributed by atoms with Crippen LogP contribution in [0.25, 0.3) is 0 Å². The van der Waals surface area contributed by atoms with E-state index in [0.29, 0.717) is 10.8 Å². The Morgan fingerprint density at radius 3 is 1.79 bits per heavy atom. The first-order chi connectivity index (χ1) is 16.0. The molecule has 33 heavy (non-hydrogen) atoms. The second kappa shape index (κ2) is 12.3. The fourth-order valence-corrected chi connectivity index (χ4v) is 3.19. The summed E-state index contributed by atoms with van der Waals surface area (Å²) >= 11 is 5.78. The van der Waals surface area contributed by atoms with Gasteiger partial charge in [-0.05, 0) is 35.4 Å². The van der Waals surface area contributed by atoms with E-state index in [1.807, 2.05) is 60.7 Å². The van der Waals surface area contributed by atoms with Crippen LogP contribution in [0, 0.1) is 0 Å². The summed E-state index contributed by atoms with van der Waals surface area (Å²) in [5.74, 6) is -1.51. The van der Waals surface area contributed by atoms with Gasteiger partial charge in [-0.25, -0.2) is 0 Å². The van der Waals surface area contributed by atoms with Gasteiger partial charge in [-0.3, -0.25) is 25.2 Å². The Kier molecular flexibility index (Phi) is 8.85. The summed E-state index contributed by atoms with van der Waals surface area (Å²) in [4.78, 5) is 36.1. The average molecular weight is 467 g/mol. The Labute approximate surface area is 196 Å². The summed E-state index contributed by atoms with van der Waals surface area (Å²) in [6.07, 6.45) is 0.0720. The van der Waals surface area contributed by atoms with Gasteiger partial charge in [0.25, 0.3) is 11.8 Å². The molecular formula is C25H23ClN2O5. The molecule has 2 N–H and O–H groups in total. The van der Waals surface area contributed by atoms with Crippen molar-refractivity contribution in [1.82, 2.24) is 10.9 Å². The minimum Gasteiger partial charge on any atom is -0.484 e. The summed E-state index contributed by atoms with van der Waals surface area (Å²) in [6, 6.07) is 25.7. The number of carbonyl (C=O) groups excluding carboxylic acids is 3. The molecule has 170 valence electrons. The first-order valence-electron chi connectivity index (χ1n) is 10.2. The average Bonchev–Trinajstić information content (AvgIpc) is 2.85. The molecule has 0 aliphatic rings. The lowest BCUT2D eigenvalue weighted by atomic mass is 9.89. The third-order valence-corrected chi connectivity index (χ3v) is 4.92. The van der Waals surface area contributed by atoms with Crippen LogP contribution in [0.2, 0.25) is 5.02 Å². The molecule has 7 nitrogen and oxygen atoms in total. The number of ether oxygens (including phenoxy) is 2. The van der Waals surface area contributed by atoms with Gasteiger partial charge < -0.3 is 9.47 Å². The lowest BCUT2D eigenvalue weighted by molar-refractivity contribution is -0.149. The molecule has 3 aromatic rings. The van der Waals surface area contributed by atoms with Crippen LogP contribution in [0.15, 0.2) is 84.9 Å². The fraction of sp³-hybridized carbons (Fsp3) is 0.160. The quantitative estimate of drug-likeness (QED) is 0.371. The monoisotopic (exact) mass is 466 g/mol. The third-order valence-electron chi connectivity index (χ3n) is 4.66. The van der Waals surface area contributed by atoms with Gasteiger partial charge in [-0.2, -0.15) is 0 Å². The van der Waals surface area contributed by atoms with Crippen LogP contribution in [0.1, 0.15) is 23.5 Å². The van der Waals surface area contributed by atoms with Crippen molar-refractivity contribution < 1.29 is 23.9 Å². The first kappa shape index (κ1) is 23.8. The number of hydrogen-bond donors (Lipinski definition) is 2. The molecule has 0 spiro atoms. The van der Waals surface area contributed by atoms with E-state index in [9.17, 15) is 14.4 Å². The lowest BCUT2D eigenvalue weighted by Crippen LogP contribution is -2.45. The molecule has 0 aliphatic heterocycles. The number of benzene rings is 3. The molecule has 0 heterocycles. The van der Waals surface area contributed by atoms with Gasteiger partial charge in [-0.1, -0.05) is 72.3 Å². The van der Waals surface area contributed by atoms with E-state index in [4.69, 9.17) is 21.1 Å². The second-order valence-electron chi connectivity index (χ2n) is 7.08. The zero-order valence-electron chi connectivity index (χ0n) is 17.7. The zero-order chi connectivity index (χ0) is 23.5. The zero-order valence-corrected chi connectivity index (χ0v) is 18.5. The van der Waals surface area contributed by atoms with Gasteiger partial charge in [0.2, 0.25) is 0 Å². The number of amides is 2. The summed E-state index contributed by atoms with van der Waals surface area (Å²) in [7, 11) is 0. The Hall–Kier alpha value is -3.84. The highest BCUT2D eigenvalue weighted by Crippen LogP contribution is 2.28. The van der Waals surface area contributed by atoms with E-state index < -0.39 is 24.4 Å². The Morgan fingerprint density at radius 1 is 0.727 bits per heavy atom. The SMILES string of the molecule is O=C(COC(=O)CC(c1ccccc1)c1ccccc1)NNC(=O)COc1ccc(Cl)cc1. The second-order valence-corrected chi connectivity index (χ2v) is 7.51. The first-order valence-corrected chi connectivity index (χ1v) is 10.6. The maximum Gasteiger partial charge on any atom is 0.307 e. The molecule has 0 bridgehead atoms. The normalized spacial score (nSPS) is 10.4. The van der Waals surface area contributed by atoms with Crippen LogP contribution in [0.4, 0.5) is 0 Å². The molecule has 8 heteroatoms. The number of nitrogens with one attached hydrogen (secondary N) is 2. The molecule has 0 saturated heterocycles. The summed E-state index contributed by atoms with van der Waals surface area (Å²) < 4.78 is 10.4. The van der Waals surface area contributed by atoms with Crippen molar-refractivity contribution in [2.75, 3.05) is 13.2 Å². The molecule has 0 atom stereocenters. The number of hydrogen-bond acceptors (Lipinski definition) is 5. The number of hydrazine groups is 1. The molecule has 0 fully saturated rings. The van der Waals surface area contributed by atoms with Crippen LogP contribution in [0.5, 0.6) is 5.75 Å². The van der Waals surface area contributed by atoms with Crippen LogP contribution < -0.4 is 15.6 Å². The highest BCUT2D eigenvalue weighted by molar-refractivity contribution is 6.30. The van der Waals surface area contributed by atoms with Gasteiger partial charge in [0.05, 0.1) is 6.42 Å². The van der Waals surface area contributed by atoms with Crippen molar-refractivity contribution in [3.8, 4) is 5.75 Å². The Bertz CT molecular complexity index is 1020. The minimum absolute atomic E-state index is 0.0720. The fourth-order valence-electron chi connectivity index (χ4n) is 3.06. The largest absolute Gasteiger partial charge is 0.484 e. The summed E-state index contributed by atoms with van der Waals surface area (Å²) in [6.45, 7) is -0.828. The maximum atomic E-state index is 12.4. The molecule has 2 amide bonds. The van der Waals surface area contributed by atoms with E-state index >= 15 is 0 Å². The van der Waals surface area contributed by atoms with Crippen LogP contribution >= 0.6 is 11.6 Å². The molecule has 0 aromatic heterocycles. The molecular weight excluding hydrogens is 444 g/mol. The van der Waals surface area contributed by atoms with Gasteiger partial charge in [-0.15, -0.1) is 0 Å². The predicted molar refractivity (Wildman–Crippen MR) is 124 cm³/mol. The van der Waals surface area contributed by atoms with Crippen molar-refractivity contribution >= 4 is 29.4 Å². The number of esters is 1. The number of carbonyl (C=O) groups is 3. The highest BCUT2D eigenvalue weighted by atomic mass is 35.5. The predicted octanol–water partition coefficient (Wildman–Crippen LogP) is 3.63. The third kappa shape index (κ3) is 7.97. The van der Waals surface area contributed by atoms with E-state index in [-0.39, 0.29) is 18.9 Å². The van der Waals surface area contributed by atoms with Crippen LogP contribution in [0.3, 0.4) is 0 Å². The van der Waals surface area contributed by atoms with E-state index in [2.05, 4.69) is 10.9 Å². The minimum atomic E-state index is -0.667. The van der Waals surface area contributed by atoms with Crippen molar-refractivity contribution in [3.63, 3.8) is 0 Å². The van der Waals surface area contributed by atoms with Crippen molar-refractivity contribution in [2.24, 2.45) is 0 Å². The van der Waals surface area contributed by atoms with Crippen molar-refractivity contribution in [1.29, 1.82) is 0 Å². The number of halogens is 1. The van der Waals surface area contributed by atoms with Gasteiger partial charge in [0.1, 0.15) is 5.75 Å². The molecule has 3 rings (SSSR count). The van der Waals surface area contributed by atoms with E-state index in [1.165, 1.54) is 0 Å². The molecule has 0 aliphatic carbocycles. The summed E-state index contributed by atoms with van der Waals surface area (Å²) in [5.41, 5.74) is 6.32. The van der Waals surface area contributed by atoms with Crippen molar-refractivity contribution in [2.45, 2.75) is 12.3 Å². The van der Waals surface area contributed by atoms with Gasteiger partial charge >= 0.3 is 5.97 Å². The topological polar surface area (TPSA) is 93.7 Å². The number of rotatable bonds is 9. The van der Waals surface area contributed by atoms with Crippen LogP contribution in [-0.4, -0.2) is 31.0 Å². The molecule has 0 saturated carbocycles. The van der Waals surface area contributed by atoms with Gasteiger partial charge in [0.15, 0.2) is 13.2 Å². The Morgan fingerprint density at radius 2 is 1.24 bits per heavy atom. The van der Waals surface area contributed by atoms with Crippen molar-refractivity contribution in [3.05, 3.63) is 101 Å². The highest BCUT2D eigenvalue weighted by Gasteiger charge is 2.19. The van der Waals surface area contributed by atoms with E-state index in [1.54, 1.807) is 24.3 Å². The molecule has 3 aromatic carbocycles. The standard InChI is InChI=1S/C25H23ClN2O5/c26-20-11-13-21(14-12-20)32-16-23(29)27-28-24(30)17-33-25(31)15-22(18-7-3-1-4-8-18)19-9-5-2-6-10-19/h1-14,22H,15-17H2,(H,27,29)(H,28,30). The summed E-state index contributed by atoms with van der Waals surface area (Å²) in [5, 5.41) is 0.549. The lowest BCUT2D eigenvalue weighted by Gasteiger charge is -2.17. The van der Waals surface area contributed by atoms with Gasteiger partial charge in [0, 0.05) is 10.9 Å². The maximum absolute atomic E-state index is 12.4. The van der Waals surface area contributed by atoms with Crippen LogP contribution in [-0.2, 0) is 19.1 Å². The molecule has 0 radical (unpaired) electrons. The smallest absolute Gasteiger partial charge is 0.307 e. The molecule has 0 unspecified atom stereocenters. The van der Waals surface area contributed by atoms with E-state index in [0.717, 1.165) is 11.1 Å².